The highest BCUT2D eigenvalue weighted by atomic mass is 16.5. The fourth-order valence-corrected chi connectivity index (χ4v) is 1.58. The molecule has 16 heavy (non-hydrogen) atoms. The summed E-state index contributed by atoms with van der Waals surface area (Å²) < 4.78 is 7.16. The second kappa shape index (κ2) is 5.46. The van der Waals surface area contributed by atoms with Gasteiger partial charge >= 0.3 is 0 Å². The number of nitrogens with one attached hydrogen (secondary N) is 1. The summed E-state index contributed by atoms with van der Waals surface area (Å²) in [4.78, 5) is 4.14. The monoisotopic (exact) mass is 220 g/mol. The molecule has 2 rings (SSSR count). The first-order valence-electron chi connectivity index (χ1n) is 5.49. The van der Waals surface area contributed by atoms with Crippen LogP contribution in [0.1, 0.15) is 24.8 Å². The number of hydrogen-bond donors (Lipinski definition) is 1. The average molecular weight is 220 g/mol. The Labute approximate surface area is 94.5 Å². The van der Waals surface area contributed by atoms with Crippen molar-refractivity contribution in [2.24, 2.45) is 0 Å². The van der Waals surface area contributed by atoms with Crippen LogP contribution in [0.15, 0.2) is 29.3 Å². The maximum Gasteiger partial charge on any atom is 0.150 e. The highest BCUT2D eigenvalue weighted by Crippen LogP contribution is 2.01. The largest absolute Gasteiger partial charge is 0.360 e. The van der Waals surface area contributed by atoms with E-state index in [-0.39, 0.29) is 0 Å². The Hall–Kier alpha value is -1.62. The van der Waals surface area contributed by atoms with Crippen molar-refractivity contribution in [1.29, 1.82) is 0 Å². The second-order valence-electron chi connectivity index (χ2n) is 3.66. The summed E-state index contributed by atoms with van der Waals surface area (Å²) >= 11 is 0. The molecule has 0 amide bonds. The number of aromatic nitrogens is 3. The smallest absolute Gasteiger partial charge is 0.150 e. The minimum atomic E-state index is 0.692. The van der Waals surface area contributed by atoms with Crippen LogP contribution in [0.4, 0.5) is 0 Å². The van der Waals surface area contributed by atoms with Crippen molar-refractivity contribution in [3.05, 3.63) is 36.2 Å². The quantitative estimate of drug-likeness (QED) is 0.802. The lowest BCUT2D eigenvalue weighted by molar-refractivity contribution is 0.372. The van der Waals surface area contributed by atoms with Crippen molar-refractivity contribution in [2.75, 3.05) is 0 Å². The van der Waals surface area contributed by atoms with Crippen molar-refractivity contribution in [2.45, 2.75) is 33.0 Å². The van der Waals surface area contributed by atoms with Gasteiger partial charge in [0.2, 0.25) is 0 Å². The van der Waals surface area contributed by atoms with E-state index in [0.29, 0.717) is 6.54 Å². The SMILES string of the molecule is CCCn1cncc1CNCc1ccno1. The van der Waals surface area contributed by atoms with Crippen LogP contribution >= 0.6 is 0 Å². The minimum absolute atomic E-state index is 0.692. The first-order chi connectivity index (χ1) is 7.90. The molecule has 2 heterocycles. The van der Waals surface area contributed by atoms with E-state index >= 15 is 0 Å². The number of nitrogens with zero attached hydrogens (tertiary/aromatic N) is 3. The summed E-state index contributed by atoms with van der Waals surface area (Å²) in [6.45, 7) is 4.66. The van der Waals surface area contributed by atoms with E-state index < -0.39 is 0 Å². The molecule has 0 unspecified atom stereocenters. The third kappa shape index (κ3) is 2.70. The molecule has 0 radical (unpaired) electrons. The Balaban J connectivity index is 1.82. The summed E-state index contributed by atoms with van der Waals surface area (Å²) in [5.41, 5.74) is 1.20. The number of imidazole rings is 1. The van der Waals surface area contributed by atoms with Gasteiger partial charge in [0, 0.05) is 25.4 Å². The van der Waals surface area contributed by atoms with E-state index in [1.54, 1.807) is 6.20 Å². The standard InChI is InChI=1S/C11H16N4O/c1-2-5-15-9-13-7-10(15)6-12-8-11-3-4-14-16-11/h3-4,7,9,12H,2,5-6,8H2,1H3. The van der Waals surface area contributed by atoms with Gasteiger partial charge in [0.1, 0.15) is 5.76 Å². The van der Waals surface area contributed by atoms with Crippen molar-refractivity contribution in [3.63, 3.8) is 0 Å². The molecule has 86 valence electrons. The van der Waals surface area contributed by atoms with Gasteiger partial charge in [-0.2, -0.15) is 0 Å². The third-order valence-corrected chi connectivity index (χ3v) is 2.36. The summed E-state index contributed by atoms with van der Waals surface area (Å²) in [7, 11) is 0. The topological polar surface area (TPSA) is 55.9 Å². The Morgan fingerprint density at radius 2 is 2.38 bits per heavy atom. The van der Waals surface area contributed by atoms with Gasteiger partial charge in [-0.25, -0.2) is 4.98 Å². The molecule has 0 bridgehead atoms. The highest BCUT2D eigenvalue weighted by Gasteiger charge is 2.01. The minimum Gasteiger partial charge on any atom is -0.360 e. The maximum atomic E-state index is 5.00. The van der Waals surface area contributed by atoms with E-state index in [1.807, 2.05) is 18.6 Å². The summed E-state index contributed by atoms with van der Waals surface area (Å²) in [6, 6.07) is 1.86. The van der Waals surface area contributed by atoms with Crippen molar-refractivity contribution < 1.29 is 4.52 Å². The average Bonchev–Trinajstić information content (AvgIpc) is 2.91. The fraction of sp³-hybridized carbons (Fsp3) is 0.455. The zero-order valence-corrected chi connectivity index (χ0v) is 9.39. The molecule has 0 aliphatic heterocycles. The zero-order valence-electron chi connectivity index (χ0n) is 9.39. The molecule has 0 atom stereocenters. The highest BCUT2D eigenvalue weighted by molar-refractivity contribution is 4.99. The van der Waals surface area contributed by atoms with Crippen LogP contribution in [0.3, 0.4) is 0 Å². The molecular formula is C11H16N4O. The molecule has 0 spiro atoms. The summed E-state index contributed by atoms with van der Waals surface area (Å²) in [5, 5.41) is 6.95. The van der Waals surface area contributed by atoms with Gasteiger partial charge < -0.3 is 14.4 Å². The van der Waals surface area contributed by atoms with Crippen LogP contribution in [0, 0.1) is 0 Å². The normalized spacial score (nSPS) is 10.8. The molecule has 1 N–H and O–H groups in total. The Morgan fingerprint density at radius 1 is 1.44 bits per heavy atom. The molecule has 0 aromatic carbocycles. The van der Waals surface area contributed by atoms with E-state index in [4.69, 9.17) is 4.52 Å². The molecule has 2 aromatic rings. The molecule has 0 saturated carbocycles. The number of rotatable bonds is 6. The molecular weight excluding hydrogens is 204 g/mol. The zero-order chi connectivity index (χ0) is 11.2. The van der Waals surface area contributed by atoms with Gasteiger partial charge in [0.05, 0.1) is 24.8 Å². The van der Waals surface area contributed by atoms with Gasteiger partial charge in [-0.15, -0.1) is 0 Å². The van der Waals surface area contributed by atoms with Crippen LogP contribution in [0.25, 0.3) is 0 Å². The molecule has 2 aromatic heterocycles. The van der Waals surface area contributed by atoms with E-state index in [1.165, 1.54) is 5.69 Å². The second-order valence-corrected chi connectivity index (χ2v) is 3.66. The molecule has 5 heteroatoms. The van der Waals surface area contributed by atoms with Crippen molar-refractivity contribution in [3.8, 4) is 0 Å². The fourth-order valence-electron chi connectivity index (χ4n) is 1.58. The Morgan fingerprint density at radius 3 is 3.12 bits per heavy atom. The van der Waals surface area contributed by atoms with Crippen molar-refractivity contribution in [1.82, 2.24) is 20.0 Å². The molecule has 0 aliphatic carbocycles. The lowest BCUT2D eigenvalue weighted by Crippen LogP contribution is -2.15. The van der Waals surface area contributed by atoms with E-state index in [2.05, 4.69) is 26.9 Å². The first-order valence-corrected chi connectivity index (χ1v) is 5.49. The van der Waals surface area contributed by atoms with Crippen LogP contribution in [-0.4, -0.2) is 14.7 Å². The van der Waals surface area contributed by atoms with Crippen LogP contribution < -0.4 is 5.32 Å². The van der Waals surface area contributed by atoms with Gasteiger partial charge in [0.25, 0.3) is 0 Å². The van der Waals surface area contributed by atoms with Gasteiger partial charge in [-0.05, 0) is 6.42 Å². The van der Waals surface area contributed by atoms with E-state index in [0.717, 1.165) is 25.3 Å². The Bertz CT molecular complexity index is 407. The Kier molecular flexibility index (Phi) is 3.71. The molecule has 5 nitrogen and oxygen atoms in total. The number of aryl methyl sites for hydroxylation is 1. The molecule has 0 saturated heterocycles. The lowest BCUT2D eigenvalue weighted by Gasteiger charge is -2.06. The van der Waals surface area contributed by atoms with E-state index in [9.17, 15) is 0 Å². The van der Waals surface area contributed by atoms with Gasteiger partial charge in [-0.3, -0.25) is 0 Å². The van der Waals surface area contributed by atoms with Gasteiger partial charge in [0.15, 0.2) is 0 Å². The van der Waals surface area contributed by atoms with Crippen LogP contribution in [0.2, 0.25) is 0 Å². The maximum absolute atomic E-state index is 5.00. The predicted molar refractivity (Wildman–Crippen MR) is 59.6 cm³/mol. The first kappa shape index (κ1) is 10.9. The van der Waals surface area contributed by atoms with Crippen LogP contribution in [0.5, 0.6) is 0 Å². The number of hydrogen-bond acceptors (Lipinski definition) is 4. The lowest BCUT2D eigenvalue weighted by atomic mass is 10.4. The summed E-state index contributed by atoms with van der Waals surface area (Å²) in [5.74, 6) is 0.849. The third-order valence-electron chi connectivity index (χ3n) is 2.36. The van der Waals surface area contributed by atoms with Crippen molar-refractivity contribution >= 4 is 0 Å². The van der Waals surface area contributed by atoms with Gasteiger partial charge in [-0.1, -0.05) is 12.1 Å². The predicted octanol–water partition coefficient (Wildman–Crippen LogP) is 1.57. The molecule has 0 fully saturated rings. The summed E-state index contributed by atoms with van der Waals surface area (Å²) in [6.07, 6.45) is 6.53. The van der Waals surface area contributed by atoms with Crippen LogP contribution in [-0.2, 0) is 19.6 Å². The molecule has 0 aliphatic rings.